The maximum Gasteiger partial charge on any atom is 0.128 e. The molecule has 3 nitrogen and oxygen atoms in total. The van der Waals surface area contributed by atoms with E-state index < -0.39 is 6.10 Å². The molecule has 1 aliphatic heterocycles. The normalized spacial score (nSPS) is 22.1. The van der Waals surface area contributed by atoms with E-state index in [0.29, 0.717) is 17.7 Å². The van der Waals surface area contributed by atoms with Gasteiger partial charge in [0.1, 0.15) is 17.7 Å². The second-order valence-corrected chi connectivity index (χ2v) is 4.33. The molecule has 0 spiro atoms. The Bertz CT molecular complexity index is 559. The number of hydrogen-bond donors (Lipinski definition) is 1. The van der Waals surface area contributed by atoms with Crippen LogP contribution in [0, 0.1) is 5.82 Å². The lowest BCUT2D eigenvalue weighted by Gasteiger charge is -2.29. The molecule has 2 heterocycles. The zero-order valence-corrected chi connectivity index (χ0v) is 9.58. The predicted molar refractivity (Wildman–Crippen MR) is 63.6 cm³/mol. The molecule has 0 radical (unpaired) electrons. The maximum atomic E-state index is 13.1. The number of hydrogen-bond acceptors (Lipinski definition) is 3. The van der Waals surface area contributed by atoms with Crippen LogP contribution in [0.25, 0.3) is 0 Å². The van der Waals surface area contributed by atoms with Crippen molar-refractivity contribution >= 4 is 0 Å². The van der Waals surface area contributed by atoms with Crippen molar-refractivity contribution in [1.82, 2.24) is 4.98 Å². The van der Waals surface area contributed by atoms with Gasteiger partial charge in [0, 0.05) is 29.9 Å². The molecular formula is C14H12FNO2. The average molecular weight is 245 g/mol. The number of halogens is 1. The van der Waals surface area contributed by atoms with Gasteiger partial charge in [-0.25, -0.2) is 4.39 Å². The summed E-state index contributed by atoms with van der Waals surface area (Å²) in [5.41, 5.74) is 1.42. The Kier molecular flexibility index (Phi) is 2.72. The van der Waals surface area contributed by atoms with E-state index in [2.05, 4.69) is 4.98 Å². The first-order valence-corrected chi connectivity index (χ1v) is 5.78. The molecule has 0 bridgehead atoms. The molecule has 92 valence electrons. The van der Waals surface area contributed by atoms with Crippen molar-refractivity contribution in [3.8, 4) is 5.75 Å². The number of pyridine rings is 1. The molecule has 1 N–H and O–H groups in total. The van der Waals surface area contributed by atoms with Gasteiger partial charge in [0.2, 0.25) is 0 Å². The van der Waals surface area contributed by atoms with Crippen LogP contribution >= 0.6 is 0 Å². The standard InChI is InChI=1S/C14H12FNO2/c15-10-3-4-13-11(6-10)12(17)7-14(18-13)9-2-1-5-16-8-9/h1-6,8,12,14,17H,7H2. The summed E-state index contributed by atoms with van der Waals surface area (Å²) in [4.78, 5) is 4.03. The van der Waals surface area contributed by atoms with E-state index in [9.17, 15) is 9.50 Å². The summed E-state index contributed by atoms with van der Waals surface area (Å²) in [6, 6.07) is 7.93. The Labute approximate surface area is 104 Å². The minimum atomic E-state index is -0.713. The van der Waals surface area contributed by atoms with Crippen LogP contribution in [0.2, 0.25) is 0 Å². The number of nitrogens with zero attached hydrogens (tertiary/aromatic N) is 1. The lowest BCUT2D eigenvalue weighted by atomic mass is 9.96. The highest BCUT2D eigenvalue weighted by Gasteiger charge is 2.28. The van der Waals surface area contributed by atoms with Gasteiger partial charge in [-0.2, -0.15) is 0 Å². The molecule has 1 aromatic heterocycles. The van der Waals surface area contributed by atoms with Gasteiger partial charge in [0.25, 0.3) is 0 Å². The minimum Gasteiger partial charge on any atom is -0.485 e. The highest BCUT2D eigenvalue weighted by molar-refractivity contribution is 5.38. The molecule has 3 rings (SSSR count). The van der Waals surface area contributed by atoms with Gasteiger partial charge in [-0.05, 0) is 24.3 Å². The van der Waals surface area contributed by atoms with E-state index in [0.717, 1.165) is 5.56 Å². The van der Waals surface area contributed by atoms with Crippen LogP contribution in [-0.2, 0) is 0 Å². The summed E-state index contributed by atoms with van der Waals surface area (Å²) >= 11 is 0. The molecule has 4 heteroatoms. The molecule has 0 saturated heterocycles. The first-order valence-electron chi connectivity index (χ1n) is 5.78. The number of aliphatic hydroxyl groups excluding tert-OH is 1. The molecule has 0 saturated carbocycles. The van der Waals surface area contributed by atoms with Gasteiger partial charge in [-0.1, -0.05) is 6.07 Å². The van der Waals surface area contributed by atoms with Gasteiger partial charge in [0.05, 0.1) is 6.10 Å². The van der Waals surface area contributed by atoms with Crippen LogP contribution in [0.1, 0.15) is 29.8 Å². The van der Waals surface area contributed by atoms with Crippen LogP contribution < -0.4 is 4.74 Å². The smallest absolute Gasteiger partial charge is 0.128 e. The second-order valence-electron chi connectivity index (χ2n) is 4.33. The first kappa shape index (κ1) is 11.2. The van der Waals surface area contributed by atoms with Gasteiger partial charge in [-0.3, -0.25) is 4.98 Å². The molecular weight excluding hydrogens is 233 g/mol. The van der Waals surface area contributed by atoms with E-state index in [-0.39, 0.29) is 11.9 Å². The van der Waals surface area contributed by atoms with Crippen LogP contribution in [-0.4, -0.2) is 10.1 Å². The summed E-state index contributed by atoms with van der Waals surface area (Å²) in [7, 11) is 0. The zero-order valence-electron chi connectivity index (χ0n) is 9.58. The number of aliphatic hydroxyl groups is 1. The maximum absolute atomic E-state index is 13.1. The largest absolute Gasteiger partial charge is 0.485 e. The number of aromatic nitrogens is 1. The van der Waals surface area contributed by atoms with Crippen LogP contribution in [0.3, 0.4) is 0 Å². The number of benzene rings is 1. The Morgan fingerprint density at radius 3 is 3.00 bits per heavy atom. The Balaban J connectivity index is 1.95. The van der Waals surface area contributed by atoms with E-state index in [1.54, 1.807) is 18.5 Å². The third-order valence-corrected chi connectivity index (χ3v) is 3.09. The van der Waals surface area contributed by atoms with Crippen molar-refractivity contribution in [2.75, 3.05) is 0 Å². The summed E-state index contributed by atoms with van der Waals surface area (Å²) in [6.07, 6.45) is 2.85. The summed E-state index contributed by atoms with van der Waals surface area (Å²) in [6.45, 7) is 0. The minimum absolute atomic E-state index is 0.244. The molecule has 2 aromatic rings. The molecule has 1 aliphatic rings. The molecule has 2 unspecified atom stereocenters. The van der Waals surface area contributed by atoms with Crippen molar-refractivity contribution in [2.45, 2.75) is 18.6 Å². The van der Waals surface area contributed by atoms with E-state index >= 15 is 0 Å². The van der Waals surface area contributed by atoms with Gasteiger partial charge >= 0.3 is 0 Å². The van der Waals surface area contributed by atoms with E-state index in [1.807, 2.05) is 12.1 Å². The molecule has 18 heavy (non-hydrogen) atoms. The Hall–Kier alpha value is -1.94. The van der Waals surface area contributed by atoms with Crippen LogP contribution in [0.5, 0.6) is 5.75 Å². The number of fused-ring (bicyclic) bond motifs is 1. The first-order chi connectivity index (χ1) is 8.74. The summed E-state index contributed by atoms with van der Waals surface area (Å²) < 4.78 is 18.9. The second kappa shape index (κ2) is 4.38. The fourth-order valence-electron chi connectivity index (χ4n) is 2.19. The van der Waals surface area contributed by atoms with Crippen molar-refractivity contribution < 1.29 is 14.2 Å². The molecule has 0 aliphatic carbocycles. The van der Waals surface area contributed by atoms with Crippen molar-refractivity contribution in [2.24, 2.45) is 0 Å². The summed E-state index contributed by atoms with van der Waals surface area (Å²) in [5.74, 6) is 0.167. The number of rotatable bonds is 1. The quantitative estimate of drug-likeness (QED) is 0.840. The van der Waals surface area contributed by atoms with Crippen LogP contribution in [0.15, 0.2) is 42.7 Å². The SMILES string of the molecule is OC1CC(c2cccnc2)Oc2ccc(F)cc21. The highest BCUT2D eigenvalue weighted by Crippen LogP contribution is 2.40. The molecule has 0 fully saturated rings. The molecule has 1 aromatic carbocycles. The summed E-state index contributed by atoms with van der Waals surface area (Å²) in [5, 5.41) is 10.1. The van der Waals surface area contributed by atoms with Gasteiger partial charge in [0.15, 0.2) is 0 Å². The third-order valence-electron chi connectivity index (χ3n) is 3.09. The third kappa shape index (κ3) is 1.95. The zero-order chi connectivity index (χ0) is 12.5. The number of ether oxygens (including phenoxy) is 1. The topological polar surface area (TPSA) is 42.4 Å². The van der Waals surface area contributed by atoms with E-state index in [4.69, 9.17) is 4.74 Å². The highest BCUT2D eigenvalue weighted by atomic mass is 19.1. The molecule has 2 atom stereocenters. The van der Waals surface area contributed by atoms with E-state index in [1.165, 1.54) is 12.1 Å². The van der Waals surface area contributed by atoms with Crippen molar-refractivity contribution in [1.29, 1.82) is 0 Å². The van der Waals surface area contributed by atoms with Crippen molar-refractivity contribution in [3.05, 3.63) is 59.7 Å². The lowest BCUT2D eigenvalue weighted by Crippen LogP contribution is -2.19. The van der Waals surface area contributed by atoms with Crippen LogP contribution in [0.4, 0.5) is 4.39 Å². The van der Waals surface area contributed by atoms with Gasteiger partial charge in [-0.15, -0.1) is 0 Å². The Morgan fingerprint density at radius 1 is 1.33 bits per heavy atom. The monoisotopic (exact) mass is 245 g/mol. The predicted octanol–water partition coefficient (Wildman–Crippen LogP) is 2.78. The Morgan fingerprint density at radius 2 is 2.22 bits per heavy atom. The lowest BCUT2D eigenvalue weighted by molar-refractivity contribution is 0.0652. The average Bonchev–Trinajstić information content (AvgIpc) is 2.40. The fourth-order valence-corrected chi connectivity index (χ4v) is 2.19. The molecule has 0 amide bonds. The van der Waals surface area contributed by atoms with Crippen molar-refractivity contribution in [3.63, 3.8) is 0 Å². The van der Waals surface area contributed by atoms with Gasteiger partial charge < -0.3 is 9.84 Å². The fraction of sp³-hybridized carbons (Fsp3) is 0.214.